The van der Waals surface area contributed by atoms with Crippen molar-refractivity contribution in [3.8, 4) is 11.5 Å². The van der Waals surface area contributed by atoms with Gasteiger partial charge >= 0.3 is 0 Å². The van der Waals surface area contributed by atoms with Gasteiger partial charge in [0.1, 0.15) is 6.29 Å². The van der Waals surface area contributed by atoms with E-state index in [-0.39, 0.29) is 12.5 Å². The summed E-state index contributed by atoms with van der Waals surface area (Å²) < 4.78 is 10.6. The molecule has 0 aliphatic carbocycles. The molecule has 2 rings (SSSR count). The van der Waals surface area contributed by atoms with Crippen LogP contribution in [0, 0.1) is 0 Å². The first-order valence-electron chi connectivity index (χ1n) is 7.31. The summed E-state index contributed by atoms with van der Waals surface area (Å²) in [4.78, 5) is 22.8. The first-order chi connectivity index (χ1) is 11.2. The van der Waals surface area contributed by atoms with Gasteiger partial charge in [-0.3, -0.25) is 9.59 Å². The Balaban J connectivity index is 1.96. The second-order valence-electron chi connectivity index (χ2n) is 4.92. The maximum absolute atomic E-state index is 11.9. The fraction of sp³-hybridized carbons (Fsp3) is 0.222. The summed E-state index contributed by atoms with van der Waals surface area (Å²) in [5.74, 6) is 0.539. The Morgan fingerprint density at radius 1 is 1.13 bits per heavy atom. The number of anilines is 1. The molecule has 2 aromatic carbocycles. The van der Waals surface area contributed by atoms with Gasteiger partial charge < -0.3 is 14.8 Å². The van der Waals surface area contributed by atoms with Crippen molar-refractivity contribution in [2.24, 2.45) is 0 Å². The first-order valence-corrected chi connectivity index (χ1v) is 7.31. The highest BCUT2D eigenvalue weighted by molar-refractivity contribution is 5.92. The van der Waals surface area contributed by atoms with Crippen molar-refractivity contribution >= 4 is 17.9 Å². The summed E-state index contributed by atoms with van der Waals surface area (Å²) >= 11 is 0. The van der Waals surface area contributed by atoms with Gasteiger partial charge in [-0.15, -0.1) is 0 Å². The van der Waals surface area contributed by atoms with E-state index < -0.39 is 0 Å². The number of hydrogen-bond donors (Lipinski definition) is 1. The minimum atomic E-state index is -0.284. The van der Waals surface area contributed by atoms with E-state index in [1.807, 2.05) is 24.3 Å². The van der Waals surface area contributed by atoms with Gasteiger partial charge in [0, 0.05) is 11.3 Å². The van der Waals surface area contributed by atoms with Crippen LogP contribution < -0.4 is 14.8 Å². The van der Waals surface area contributed by atoms with E-state index in [2.05, 4.69) is 12.2 Å². The van der Waals surface area contributed by atoms with Crippen LogP contribution in [0.15, 0.2) is 42.5 Å². The molecule has 0 saturated carbocycles. The molecule has 0 aromatic heterocycles. The Morgan fingerprint density at radius 3 is 2.48 bits per heavy atom. The molecule has 0 fully saturated rings. The SMILES string of the molecule is CCc1ccc(NC(=O)COc2cc(C=O)ccc2OC)cc1. The number of amides is 1. The molecule has 0 bridgehead atoms. The van der Waals surface area contributed by atoms with E-state index in [0.717, 1.165) is 6.42 Å². The largest absolute Gasteiger partial charge is 0.493 e. The van der Waals surface area contributed by atoms with Crippen LogP contribution >= 0.6 is 0 Å². The first kappa shape index (κ1) is 16.5. The molecular formula is C18H19NO4. The Kier molecular flexibility index (Phi) is 5.74. The molecular weight excluding hydrogens is 294 g/mol. The second-order valence-corrected chi connectivity index (χ2v) is 4.92. The van der Waals surface area contributed by atoms with Crippen molar-refractivity contribution in [3.05, 3.63) is 53.6 Å². The molecule has 0 aliphatic rings. The number of nitrogens with one attached hydrogen (secondary N) is 1. The van der Waals surface area contributed by atoms with Gasteiger partial charge in [0.2, 0.25) is 0 Å². The van der Waals surface area contributed by atoms with Crippen LogP contribution in [0.2, 0.25) is 0 Å². The van der Waals surface area contributed by atoms with E-state index in [1.54, 1.807) is 12.1 Å². The van der Waals surface area contributed by atoms with Crippen molar-refractivity contribution in [2.45, 2.75) is 13.3 Å². The lowest BCUT2D eigenvalue weighted by Gasteiger charge is -2.11. The quantitative estimate of drug-likeness (QED) is 0.798. The smallest absolute Gasteiger partial charge is 0.262 e. The van der Waals surface area contributed by atoms with Crippen molar-refractivity contribution < 1.29 is 19.1 Å². The summed E-state index contributed by atoms with van der Waals surface area (Å²) in [6, 6.07) is 12.4. The Labute approximate surface area is 135 Å². The molecule has 1 amide bonds. The fourth-order valence-electron chi connectivity index (χ4n) is 2.04. The molecule has 0 atom stereocenters. The van der Waals surface area contributed by atoms with Crippen molar-refractivity contribution in [2.75, 3.05) is 19.0 Å². The zero-order chi connectivity index (χ0) is 16.7. The molecule has 120 valence electrons. The predicted molar refractivity (Wildman–Crippen MR) is 88.3 cm³/mol. The lowest BCUT2D eigenvalue weighted by molar-refractivity contribution is -0.118. The Morgan fingerprint density at radius 2 is 1.87 bits per heavy atom. The van der Waals surface area contributed by atoms with Crippen LogP contribution in [-0.2, 0) is 11.2 Å². The van der Waals surface area contributed by atoms with E-state index in [9.17, 15) is 9.59 Å². The van der Waals surface area contributed by atoms with Gasteiger partial charge in [0.05, 0.1) is 7.11 Å². The number of benzene rings is 2. The van der Waals surface area contributed by atoms with Crippen molar-refractivity contribution in [3.63, 3.8) is 0 Å². The second kappa shape index (κ2) is 7.98. The number of carbonyl (C=O) groups excluding carboxylic acids is 2. The number of ether oxygens (including phenoxy) is 2. The highest BCUT2D eigenvalue weighted by Crippen LogP contribution is 2.27. The lowest BCUT2D eigenvalue weighted by atomic mass is 10.1. The van der Waals surface area contributed by atoms with Crippen LogP contribution in [0.3, 0.4) is 0 Å². The highest BCUT2D eigenvalue weighted by Gasteiger charge is 2.09. The summed E-state index contributed by atoms with van der Waals surface area (Å²) in [5, 5.41) is 2.76. The average molecular weight is 313 g/mol. The van der Waals surface area contributed by atoms with Crippen LogP contribution in [0.4, 0.5) is 5.69 Å². The maximum Gasteiger partial charge on any atom is 0.262 e. The Bertz CT molecular complexity index is 680. The molecule has 1 N–H and O–H groups in total. The van der Waals surface area contributed by atoms with Crippen LogP contribution in [0.25, 0.3) is 0 Å². The summed E-state index contributed by atoms with van der Waals surface area (Å²) in [7, 11) is 1.50. The van der Waals surface area contributed by atoms with Crippen LogP contribution in [0.1, 0.15) is 22.8 Å². The maximum atomic E-state index is 11.9. The highest BCUT2D eigenvalue weighted by atomic mass is 16.5. The van der Waals surface area contributed by atoms with Crippen molar-refractivity contribution in [1.29, 1.82) is 0 Å². The van der Waals surface area contributed by atoms with E-state index >= 15 is 0 Å². The number of hydrogen-bond acceptors (Lipinski definition) is 4. The minimum absolute atomic E-state index is 0.172. The van der Waals surface area contributed by atoms with Gasteiger partial charge in [0.15, 0.2) is 18.1 Å². The lowest BCUT2D eigenvalue weighted by Crippen LogP contribution is -2.20. The molecule has 0 radical (unpaired) electrons. The molecule has 0 spiro atoms. The zero-order valence-corrected chi connectivity index (χ0v) is 13.2. The molecule has 5 heteroatoms. The third kappa shape index (κ3) is 4.57. The van der Waals surface area contributed by atoms with Gasteiger partial charge in [-0.2, -0.15) is 0 Å². The number of rotatable bonds is 7. The summed E-state index contributed by atoms with van der Waals surface area (Å²) in [6.07, 6.45) is 1.66. The third-order valence-corrected chi connectivity index (χ3v) is 3.33. The number of carbonyl (C=O) groups is 2. The fourth-order valence-corrected chi connectivity index (χ4v) is 2.04. The average Bonchev–Trinajstić information content (AvgIpc) is 2.60. The number of aldehydes is 1. The molecule has 23 heavy (non-hydrogen) atoms. The monoisotopic (exact) mass is 313 g/mol. The van der Waals surface area contributed by atoms with E-state index in [0.29, 0.717) is 29.0 Å². The molecule has 0 aliphatic heterocycles. The molecule has 0 heterocycles. The van der Waals surface area contributed by atoms with Crippen LogP contribution in [0.5, 0.6) is 11.5 Å². The number of methoxy groups -OCH3 is 1. The van der Waals surface area contributed by atoms with Gasteiger partial charge in [-0.1, -0.05) is 19.1 Å². The molecule has 0 saturated heterocycles. The Hall–Kier alpha value is -2.82. The standard InChI is InChI=1S/C18H19NO4/c1-3-13-4-7-15(8-5-13)19-18(21)12-23-17-10-14(11-20)6-9-16(17)22-2/h4-11H,3,12H2,1-2H3,(H,19,21). The molecule has 5 nitrogen and oxygen atoms in total. The van der Waals surface area contributed by atoms with Gasteiger partial charge in [0.25, 0.3) is 5.91 Å². The van der Waals surface area contributed by atoms with Gasteiger partial charge in [-0.25, -0.2) is 0 Å². The predicted octanol–water partition coefficient (Wildman–Crippen LogP) is 3.09. The van der Waals surface area contributed by atoms with Gasteiger partial charge in [-0.05, 0) is 42.3 Å². The zero-order valence-electron chi connectivity index (χ0n) is 13.2. The van der Waals surface area contributed by atoms with Crippen molar-refractivity contribution in [1.82, 2.24) is 0 Å². The normalized spacial score (nSPS) is 10.0. The third-order valence-electron chi connectivity index (χ3n) is 3.33. The number of aryl methyl sites for hydroxylation is 1. The molecule has 0 unspecified atom stereocenters. The van der Waals surface area contributed by atoms with Crippen LogP contribution in [-0.4, -0.2) is 25.9 Å². The topological polar surface area (TPSA) is 64.6 Å². The summed E-state index contributed by atoms with van der Waals surface area (Å²) in [6.45, 7) is 1.90. The summed E-state index contributed by atoms with van der Waals surface area (Å²) in [5.41, 5.74) is 2.37. The molecule has 2 aromatic rings. The van der Waals surface area contributed by atoms with E-state index in [4.69, 9.17) is 9.47 Å². The van der Waals surface area contributed by atoms with E-state index in [1.165, 1.54) is 18.7 Å². The minimum Gasteiger partial charge on any atom is -0.493 e.